The van der Waals surface area contributed by atoms with Crippen molar-refractivity contribution in [3.8, 4) is 0 Å². The second kappa shape index (κ2) is 6.59. The fourth-order valence-electron chi connectivity index (χ4n) is 2.90. The molecule has 0 radical (unpaired) electrons. The topological polar surface area (TPSA) is 97.0 Å². The van der Waals surface area contributed by atoms with Gasteiger partial charge in [-0.15, -0.1) is 11.3 Å². The summed E-state index contributed by atoms with van der Waals surface area (Å²) in [6.07, 6.45) is 3.84. The van der Waals surface area contributed by atoms with Crippen molar-refractivity contribution in [3.63, 3.8) is 0 Å². The molecule has 0 spiro atoms. The molecule has 122 valence electrons. The summed E-state index contributed by atoms with van der Waals surface area (Å²) >= 11 is 1.58. The van der Waals surface area contributed by atoms with Crippen LogP contribution < -0.4 is 11.1 Å². The molecule has 3 rings (SSSR count). The molecule has 0 aromatic carbocycles. The van der Waals surface area contributed by atoms with Crippen LogP contribution in [-0.4, -0.2) is 38.8 Å². The van der Waals surface area contributed by atoms with Crippen molar-refractivity contribution >= 4 is 28.2 Å². The Hall–Kier alpha value is -2.06. The van der Waals surface area contributed by atoms with Crippen LogP contribution >= 0.6 is 11.3 Å². The van der Waals surface area contributed by atoms with Crippen molar-refractivity contribution in [2.45, 2.75) is 32.7 Å². The highest BCUT2D eigenvalue weighted by Crippen LogP contribution is 2.32. The van der Waals surface area contributed by atoms with Gasteiger partial charge in [0.15, 0.2) is 5.13 Å². The number of hydrogen-bond donors (Lipinski definition) is 2. The average Bonchev–Trinajstić information content (AvgIpc) is 3.07. The molecular formula is C15H20N6OS. The first-order valence-corrected chi connectivity index (χ1v) is 8.40. The first kappa shape index (κ1) is 15.8. The third kappa shape index (κ3) is 3.83. The Kier molecular flexibility index (Phi) is 4.53. The lowest BCUT2D eigenvalue weighted by atomic mass is 10.1. The number of thiazole rings is 1. The van der Waals surface area contributed by atoms with Crippen LogP contribution in [0.5, 0.6) is 0 Å². The van der Waals surface area contributed by atoms with Crippen molar-refractivity contribution in [1.82, 2.24) is 19.9 Å². The van der Waals surface area contributed by atoms with Crippen LogP contribution in [-0.2, 0) is 4.79 Å². The molecule has 0 aliphatic carbocycles. The van der Waals surface area contributed by atoms with Crippen LogP contribution in [0.3, 0.4) is 0 Å². The lowest BCUT2D eigenvalue weighted by Crippen LogP contribution is -2.33. The molecule has 3 N–H and O–H groups in total. The average molecular weight is 332 g/mol. The standard InChI is InChI=1S/C15H20N6OS/c1-9-7-17-15(23-9)20-14-6-11(18-10(2)19-14)12-4-3-5-21(12)8-13(16)22/h6-7,12H,3-5,8H2,1-2H3,(H2,16,22)(H,17,18,19,20)/t12-/m0/s1. The van der Waals surface area contributed by atoms with Gasteiger partial charge in [0.1, 0.15) is 11.6 Å². The Bertz CT molecular complexity index is 716. The second-order valence-corrected chi connectivity index (χ2v) is 6.96. The minimum absolute atomic E-state index is 0.114. The summed E-state index contributed by atoms with van der Waals surface area (Å²) in [4.78, 5) is 27.7. The lowest BCUT2D eigenvalue weighted by molar-refractivity contribution is -0.119. The summed E-state index contributed by atoms with van der Waals surface area (Å²) in [5, 5.41) is 4.04. The van der Waals surface area contributed by atoms with Gasteiger partial charge in [-0.1, -0.05) is 0 Å². The number of aryl methyl sites for hydroxylation is 2. The maximum atomic E-state index is 11.2. The number of aromatic nitrogens is 3. The van der Waals surface area contributed by atoms with E-state index in [9.17, 15) is 4.79 Å². The van der Waals surface area contributed by atoms with Gasteiger partial charge in [-0.3, -0.25) is 9.69 Å². The quantitative estimate of drug-likeness (QED) is 0.868. The Morgan fingerprint density at radius 2 is 2.30 bits per heavy atom. The molecule has 7 nitrogen and oxygen atoms in total. The number of carbonyl (C=O) groups is 1. The minimum Gasteiger partial charge on any atom is -0.369 e. The molecule has 1 fully saturated rings. The Balaban J connectivity index is 1.83. The number of nitrogens with zero attached hydrogens (tertiary/aromatic N) is 4. The number of likely N-dealkylation sites (tertiary alicyclic amines) is 1. The van der Waals surface area contributed by atoms with Gasteiger partial charge in [-0.05, 0) is 33.2 Å². The van der Waals surface area contributed by atoms with Crippen LogP contribution in [0.15, 0.2) is 12.3 Å². The molecule has 3 heterocycles. The largest absolute Gasteiger partial charge is 0.369 e. The van der Waals surface area contributed by atoms with Crippen LogP contribution in [0.25, 0.3) is 0 Å². The number of nitrogens with one attached hydrogen (secondary N) is 1. The molecule has 8 heteroatoms. The van der Waals surface area contributed by atoms with E-state index in [0.29, 0.717) is 5.82 Å². The third-order valence-electron chi connectivity index (χ3n) is 3.78. The smallest absolute Gasteiger partial charge is 0.231 e. The van der Waals surface area contributed by atoms with Gasteiger partial charge in [0.2, 0.25) is 5.91 Å². The van der Waals surface area contributed by atoms with Crippen molar-refractivity contribution in [3.05, 3.63) is 28.7 Å². The molecule has 1 aliphatic heterocycles. The normalized spacial score (nSPS) is 18.3. The van der Waals surface area contributed by atoms with E-state index >= 15 is 0 Å². The van der Waals surface area contributed by atoms with E-state index in [1.807, 2.05) is 26.1 Å². The molecule has 0 unspecified atom stereocenters. The zero-order valence-corrected chi connectivity index (χ0v) is 14.1. The van der Waals surface area contributed by atoms with E-state index in [0.717, 1.165) is 40.9 Å². The van der Waals surface area contributed by atoms with Crippen LogP contribution in [0.4, 0.5) is 10.9 Å². The van der Waals surface area contributed by atoms with Gasteiger partial charge in [0.25, 0.3) is 0 Å². The first-order valence-electron chi connectivity index (χ1n) is 7.58. The molecule has 2 aromatic heterocycles. The first-order chi connectivity index (χ1) is 11.0. The van der Waals surface area contributed by atoms with Gasteiger partial charge < -0.3 is 11.1 Å². The van der Waals surface area contributed by atoms with Crippen molar-refractivity contribution in [1.29, 1.82) is 0 Å². The molecular weight excluding hydrogens is 312 g/mol. The molecule has 2 aromatic rings. The van der Waals surface area contributed by atoms with E-state index < -0.39 is 0 Å². The summed E-state index contributed by atoms with van der Waals surface area (Å²) in [5.41, 5.74) is 6.27. The number of rotatable bonds is 5. The highest BCUT2D eigenvalue weighted by atomic mass is 32.1. The molecule has 23 heavy (non-hydrogen) atoms. The summed E-state index contributed by atoms with van der Waals surface area (Å²) in [6.45, 7) is 5.02. The minimum atomic E-state index is -0.306. The fraction of sp³-hybridized carbons (Fsp3) is 0.467. The SMILES string of the molecule is Cc1nc(Nc2ncc(C)s2)cc([C@@H]2CCCN2CC(N)=O)n1. The molecule has 1 atom stereocenters. The maximum Gasteiger partial charge on any atom is 0.231 e. The number of anilines is 2. The summed E-state index contributed by atoms with van der Waals surface area (Å²) in [6, 6.07) is 2.05. The zero-order valence-electron chi connectivity index (χ0n) is 13.2. The van der Waals surface area contributed by atoms with E-state index in [1.165, 1.54) is 0 Å². The number of carbonyl (C=O) groups excluding carboxylic acids is 1. The van der Waals surface area contributed by atoms with Gasteiger partial charge in [0.05, 0.1) is 18.3 Å². The summed E-state index contributed by atoms with van der Waals surface area (Å²) in [5.74, 6) is 1.12. The number of amides is 1. The van der Waals surface area contributed by atoms with Gasteiger partial charge in [-0.2, -0.15) is 0 Å². The van der Waals surface area contributed by atoms with Gasteiger partial charge >= 0.3 is 0 Å². The fourth-order valence-corrected chi connectivity index (χ4v) is 3.57. The third-order valence-corrected chi connectivity index (χ3v) is 4.61. The molecule has 0 bridgehead atoms. The molecule has 1 amide bonds. The Morgan fingerprint density at radius 3 is 3.00 bits per heavy atom. The van der Waals surface area contributed by atoms with Crippen molar-refractivity contribution in [2.75, 3.05) is 18.4 Å². The van der Waals surface area contributed by atoms with Gasteiger partial charge in [-0.25, -0.2) is 15.0 Å². The predicted octanol–water partition coefficient (Wildman–Crippen LogP) is 1.92. The zero-order chi connectivity index (χ0) is 16.4. The lowest BCUT2D eigenvalue weighted by Gasteiger charge is -2.23. The van der Waals surface area contributed by atoms with Crippen molar-refractivity contribution in [2.24, 2.45) is 5.73 Å². The number of nitrogens with two attached hydrogens (primary N) is 1. The van der Waals surface area contributed by atoms with E-state index in [4.69, 9.17) is 5.73 Å². The van der Waals surface area contributed by atoms with Crippen LogP contribution in [0.2, 0.25) is 0 Å². The molecule has 0 saturated carbocycles. The van der Waals surface area contributed by atoms with Crippen LogP contribution in [0, 0.1) is 13.8 Å². The van der Waals surface area contributed by atoms with E-state index in [2.05, 4.69) is 25.2 Å². The Morgan fingerprint density at radius 1 is 1.48 bits per heavy atom. The highest BCUT2D eigenvalue weighted by Gasteiger charge is 2.28. The van der Waals surface area contributed by atoms with E-state index in [-0.39, 0.29) is 18.5 Å². The summed E-state index contributed by atoms with van der Waals surface area (Å²) < 4.78 is 0. The van der Waals surface area contributed by atoms with Gasteiger partial charge in [0, 0.05) is 17.1 Å². The second-order valence-electron chi connectivity index (χ2n) is 5.72. The molecule has 1 aliphatic rings. The van der Waals surface area contributed by atoms with Crippen molar-refractivity contribution < 1.29 is 4.79 Å². The van der Waals surface area contributed by atoms with Crippen LogP contribution in [0.1, 0.15) is 35.3 Å². The predicted molar refractivity (Wildman–Crippen MR) is 89.6 cm³/mol. The Labute approximate surface area is 139 Å². The maximum absolute atomic E-state index is 11.2. The summed E-state index contributed by atoms with van der Waals surface area (Å²) in [7, 11) is 0. The highest BCUT2D eigenvalue weighted by molar-refractivity contribution is 7.15. The van der Waals surface area contributed by atoms with E-state index in [1.54, 1.807) is 11.3 Å². The number of hydrogen-bond acceptors (Lipinski definition) is 7. The number of primary amides is 1. The molecule has 1 saturated heterocycles. The monoisotopic (exact) mass is 332 g/mol.